The number of unbranched alkanes of at least 4 members (excludes halogenated alkanes) is 45. The maximum Gasteiger partial charge on any atom is 0.926 e. The van der Waals surface area contributed by atoms with E-state index in [-0.39, 0.29) is 6.16 Å². The summed E-state index contributed by atoms with van der Waals surface area (Å²) in [5.74, 6) is 0. The molecule has 9 nitrogen and oxygen atoms in total. The third-order valence-corrected chi connectivity index (χ3v) is 28.8. The molecule has 14 heteroatoms. The standard InChI is InChI=1S/3C18H39O3P.2Al/c3*1-2-3-4-5-6-7-8-9-10-11-12-13-14-15-16-17-18-22(19,20)21;;/h3*2-18H2,1H3,(H2,19,20,21);;/q;;;2*+3/p-6. The third-order valence-electron chi connectivity index (χ3n) is 14.3. The maximum absolute atomic E-state index is 14.1. The van der Waals surface area contributed by atoms with Gasteiger partial charge in [-0.25, -0.2) is 0 Å². The summed E-state index contributed by atoms with van der Waals surface area (Å²) in [6, 6.07) is 0. The normalized spacial score (nSPS) is 15.6. The van der Waals surface area contributed by atoms with Crippen molar-refractivity contribution < 1.29 is 35.1 Å². The zero-order valence-corrected chi connectivity index (χ0v) is 50.2. The second-order valence-corrected chi connectivity index (χ2v) is 32.3. The Morgan fingerprint density at radius 3 is 0.676 bits per heavy atom. The Balaban J connectivity index is 1.61. The van der Waals surface area contributed by atoms with Crippen LogP contribution in [0.3, 0.4) is 0 Å². The second kappa shape index (κ2) is 45.9. The van der Waals surface area contributed by atoms with Gasteiger partial charge in [-0.2, -0.15) is 0 Å². The van der Waals surface area contributed by atoms with Gasteiger partial charge in [0.15, 0.2) is 0 Å². The van der Waals surface area contributed by atoms with Gasteiger partial charge >= 0.3 is 30.3 Å². The van der Waals surface area contributed by atoms with Crippen molar-refractivity contribution in [3.63, 3.8) is 0 Å². The lowest BCUT2D eigenvalue weighted by molar-refractivity contribution is 0.174. The van der Waals surface area contributed by atoms with Crippen LogP contribution in [0.2, 0.25) is 0 Å². The molecule has 0 aromatic rings. The van der Waals surface area contributed by atoms with E-state index in [4.69, 9.17) is 21.5 Å². The highest BCUT2D eigenvalue weighted by Gasteiger charge is 2.62. The lowest BCUT2D eigenvalue weighted by Crippen LogP contribution is -2.38. The molecule has 0 atom stereocenters. The highest BCUT2D eigenvalue weighted by atomic mass is 31.2. The molecule has 0 bridgehead atoms. The summed E-state index contributed by atoms with van der Waals surface area (Å²) in [5.41, 5.74) is 0. The summed E-state index contributed by atoms with van der Waals surface area (Å²) in [6.07, 6.45) is 62.0. The fourth-order valence-corrected chi connectivity index (χ4v) is 23.2. The van der Waals surface area contributed by atoms with Gasteiger partial charge in [-0.3, -0.25) is 13.7 Å². The van der Waals surface area contributed by atoms with Gasteiger partial charge in [-0.05, 0) is 19.3 Å². The van der Waals surface area contributed by atoms with Crippen LogP contribution in [0.25, 0.3) is 0 Å². The Labute approximate surface area is 433 Å². The van der Waals surface area contributed by atoms with Gasteiger partial charge in [-0.1, -0.05) is 310 Å². The second-order valence-electron chi connectivity index (χ2n) is 21.1. The zero-order valence-electron chi connectivity index (χ0n) is 45.2. The van der Waals surface area contributed by atoms with E-state index in [9.17, 15) is 13.7 Å². The molecule has 0 N–H and O–H groups in total. The van der Waals surface area contributed by atoms with Crippen molar-refractivity contribution in [2.75, 3.05) is 18.5 Å². The van der Waals surface area contributed by atoms with Gasteiger partial charge in [0.1, 0.15) is 0 Å². The summed E-state index contributed by atoms with van der Waals surface area (Å²) in [6.45, 7) is 6.83. The molecule has 0 aliphatic carbocycles. The van der Waals surface area contributed by atoms with Crippen LogP contribution in [0.15, 0.2) is 0 Å². The molecule has 2 fully saturated rings. The summed E-state index contributed by atoms with van der Waals surface area (Å²) in [4.78, 5) is 0. The van der Waals surface area contributed by atoms with Gasteiger partial charge in [0.2, 0.25) is 0 Å². The first-order valence-electron chi connectivity index (χ1n) is 30.1. The number of rotatable bonds is 55. The lowest BCUT2D eigenvalue weighted by Gasteiger charge is -2.37. The van der Waals surface area contributed by atoms with Crippen LogP contribution in [0.1, 0.15) is 329 Å². The van der Waals surface area contributed by atoms with E-state index in [1.54, 1.807) is 0 Å². The molecule has 0 unspecified atom stereocenters. The zero-order chi connectivity index (χ0) is 49.0. The molecule has 2 aliphatic rings. The van der Waals surface area contributed by atoms with E-state index in [2.05, 4.69) is 20.8 Å². The van der Waals surface area contributed by atoms with Crippen LogP contribution in [0, 0.1) is 0 Å². The van der Waals surface area contributed by atoms with Crippen molar-refractivity contribution in [1.82, 2.24) is 0 Å². The summed E-state index contributed by atoms with van der Waals surface area (Å²) in [7, 11) is -10.1. The first-order valence-corrected chi connectivity index (χ1v) is 38.1. The summed E-state index contributed by atoms with van der Waals surface area (Å²) >= 11 is -5.76. The third kappa shape index (κ3) is 38.1. The number of hydrogen-bond donors (Lipinski definition) is 0. The van der Waals surface area contributed by atoms with E-state index >= 15 is 0 Å². The van der Waals surface area contributed by atoms with Crippen LogP contribution >= 0.6 is 22.8 Å². The molecule has 0 aromatic heterocycles. The molecule has 0 radical (unpaired) electrons. The molecule has 402 valence electrons. The Bertz CT molecular complexity index is 1170. The Kier molecular flexibility index (Phi) is 44.3. The minimum atomic E-state index is -3.71. The fourth-order valence-electron chi connectivity index (χ4n) is 9.78. The molecule has 2 saturated heterocycles. The lowest BCUT2D eigenvalue weighted by atomic mass is 10.0. The molecule has 2 aliphatic heterocycles. The topological polar surface area (TPSA) is 107 Å². The van der Waals surface area contributed by atoms with Crippen LogP contribution in [-0.4, -0.2) is 48.8 Å². The van der Waals surface area contributed by atoms with Crippen LogP contribution in [-0.2, 0) is 35.1 Å². The fraction of sp³-hybridized carbons (Fsp3) is 1.00. The number of hydrogen-bond acceptors (Lipinski definition) is 9. The average Bonchev–Trinajstić information content (AvgIpc) is 3.30. The summed E-state index contributed by atoms with van der Waals surface area (Å²) in [5, 5.41) is 0. The van der Waals surface area contributed by atoms with Gasteiger partial charge in [0.25, 0.3) is 22.8 Å². The van der Waals surface area contributed by atoms with Crippen LogP contribution in [0.5, 0.6) is 0 Å². The van der Waals surface area contributed by atoms with Crippen molar-refractivity contribution in [1.29, 1.82) is 0 Å². The molecule has 2 rings (SSSR count). The average molecular weight is 1050 g/mol. The van der Waals surface area contributed by atoms with Gasteiger partial charge in [-0.15, -0.1) is 0 Å². The molecule has 0 amide bonds. The largest absolute Gasteiger partial charge is 0.926 e. The van der Waals surface area contributed by atoms with Crippen molar-refractivity contribution in [3.8, 4) is 0 Å². The Morgan fingerprint density at radius 1 is 0.294 bits per heavy atom. The monoisotopic (exact) mass is 1050 g/mol. The van der Waals surface area contributed by atoms with E-state index in [1.165, 1.54) is 250 Å². The van der Waals surface area contributed by atoms with E-state index in [0.29, 0.717) is 18.7 Å². The van der Waals surface area contributed by atoms with Gasteiger partial charge in [0, 0.05) is 18.5 Å². The first kappa shape index (κ1) is 65.6. The molecular weight excluding hydrogens is 939 g/mol. The van der Waals surface area contributed by atoms with Crippen molar-refractivity contribution in [3.05, 3.63) is 0 Å². The van der Waals surface area contributed by atoms with E-state index < -0.39 is 53.1 Å². The molecule has 0 saturated carbocycles. The smallest absolute Gasteiger partial charge is 0.386 e. The Hall–Kier alpha value is 1.51. The van der Waals surface area contributed by atoms with Gasteiger partial charge in [0.05, 0.1) is 0 Å². The SMILES string of the molecule is CCCCCCCCCCCCCCCCCCP1(=O)[O][Al]([O]P(=O)(CCCCCCCCCCCCCCCCCC)[O][Al]2[O]P(=O)(CCCCCCCCCCCCCCCCCC)[O]2)[O]1. The van der Waals surface area contributed by atoms with Gasteiger partial charge < -0.3 is 21.5 Å². The summed E-state index contributed by atoms with van der Waals surface area (Å²) < 4.78 is 75.5. The van der Waals surface area contributed by atoms with Crippen LogP contribution in [0.4, 0.5) is 0 Å². The molecule has 0 spiro atoms. The Morgan fingerprint density at radius 2 is 0.471 bits per heavy atom. The highest BCUT2D eigenvalue weighted by Crippen LogP contribution is 2.65. The first-order chi connectivity index (χ1) is 33.3. The maximum atomic E-state index is 14.1. The molecule has 0 aromatic carbocycles. The predicted molar refractivity (Wildman–Crippen MR) is 294 cm³/mol. The molecular formula is C54H111Al2O9P3. The highest BCUT2D eigenvalue weighted by molar-refractivity contribution is 7.62. The van der Waals surface area contributed by atoms with E-state index in [0.717, 1.165) is 51.4 Å². The van der Waals surface area contributed by atoms with Crippen molar-refractivity contribution in [2.45, 2.75) is 329 Å². The quantitative estimate of drug-likeness (QED) is 0.0334. The van der Waals surface area contributed by atoms with Crippen LogP contribution < -0.4 is 0 Å². The molecule has 68 heavy (non-hydrogen) atoms. The minimum Gasteiger partial charge on any atom is -0.386 e. The minimum absolute atomic E-state index is 0.199. The molecule has 2 heterocycles. The van der Waals surface area contributed by atoms with Crippen molar-refractivity contribution >= 4 is 53.1 Å². The van der Waals surface area contributed by atoms with Crippen molar-refractivity contribution in [2.24, 2.45) is 0 Å². The predicted octanol–water partition coefficient (Wildman–Crippen LogP) is 21.4. The van der Waals surface area contributed by atoms with E-state index in [1.807, 2.05) is 0 Å².